The lowest BCUT2D eigenvalue weighted by atomic mass is 10.2. The van der Waals surface area contributed by atoms with Crippen LogP contribution in [0.1, 0.15) is 11.1 Å². The average Bonchev–Trinajstić information content (AvgIpc) is 3.19. The predicted molar refractivity (Wildman–Crippen MR) is 141 cm³/mol. The highest BCUT2D eigenvalue weighted by molar-refractivity contribution is 8.18. The van der Waals surface area contributed by atoms with Crippen molar-refractivity contribution in [2.45, 2.75) is 6.92 Å². The van der Waals surface area contributed by atoms with E-state index in [0.29, 0.717) is 32.3 Å². The number of amides is 2. The molecule has 2 N–H and O–H groups in total. The molecule has 0 bridgehead atoms. The van der Waals surface area contributed by atoms with E-state index in [1.807, 2.05) is 31.2 Å². The van der Waals surface area contributed by atoms with E-state index in [0.717, 1.165) is 16.8 Å². The van der Waals surface area contributed by atoms with Crippen molar-refractivity contribution in [3.63, 3.8) is 0 Å². The molecule has 9 heteroatoms. The molecule has 0 radical (unpaired) electrons. The summed E-state index contributed by atoms with van der Waals surface area (Å²) in [6.45, 7) is 1.81. The van der Waals surface area contributed by atoms with Gasteiger partial charge in [0.1, 0.15) is 0 Å². The number of hydrogen-bond donors (Lipinski definition) is 2. The summed E-state index contributed by atoms with van der Waals surface area (Å²) in [5.41, 5.74) is 3.27. The van der Waals surface area contributed by atoms with E-state index < -0.39 is 0 Å². The molecule has 1 saturated heterocycles. The minimum absolute atomic E-state index is 0.198. The molecule has 1 aliphatic rings. The standard InChI is InChI=1S/C26H22ClN3O4S/c1-16-3-8-20(9-4-16)29-26-30-25(32)23(35-26)14-17-5-12-21(22(13-17)33-2)34-15-24(31)28-19-10-6-18(27)7-11-19/h3-14H,15H2,1-2H3,(H,28,31)(H,29,30,32)/b23-14-. The average molecular weight is 508 g/mol. The smallest absolute Gasteiger partial charge is 0.264 e. The lowest BCUT2D eigenvalue weighted by Gasteiger charge is -2.11. The van der Waals surface area contributed by atoms with Crippen molar-refractivity contribution in [1.29, 1.82) is 0 Å². The van der Waals surface area contributed by atoms with Crippen molar-refractivity contribution in [3.8, 4) is 11.5 Å². The van der Waals surface area contributed by atoms with Crippen molar-refractivity contribution in [2.75, 3.05) is 19.0 Å². The first-order valence-corrected chi connectivity index (χ1v) is 11.8. The van der Waals surface area contributed by atoms with Gasteiger partial charge in [-0.15, -0.1) is 0 Å². The minimum Gasteiger partial charge on any atom is -0.493 e. The fraction of sp³-hybridized carbons (Fsp3) is 0.115. The molecule has 3 aromatic rings. The van der Waals surface area contributed by atoms with E-state index in [4.69, 9.17) is 21.1 Å². The van der Waals surface area contributed by atoms with Crippen LogP contribution in [-0.2, 0) is 9.59 Å². The monoisotopic (exact) mass is 507 g/mol. The van der Waals surface area contributed by atoms with Gasteiger partial charge in [-0.25, -0.2) is 4.99 Å². The minimum atomic E-state index is -0.319. The summed E-state index contributed by atoms with van der Waals surface area (Å²) in [5, 5.41) is 6.62. The lowest BCUT2D eigenvalue weighted by Crippen LogP contribution is -2.20. The number of hydrogen-bond acceptors (Lipinski definition) is 6. The Bertz CT molecular complexity index is 1310. The number of carbonyl (C=O) groups excluding carboxylic acids is 2. The summed E-state index contributed by atoms with van der Waals surface area (Å²) in [7, 11) is 1.51. The van der Waals surface area contributed by atoms with Gasteiger partial charge in [0.25, 0.3) is 11.8 Å². The molecule has 0 aromatic heterocycles. The van der Waals surface area contributed by atoms with Crippen LogP contribution in [-0.4, -0.2) is 30.7 Å². The SMILES string of the molecule is COc1cc(/C=C2\SC(=Nc3ccc(C)cc3)NC2=O)ccc1OCC(=O)Nc1ccc(Cl)cc1. The number of rotatable bonds is 7. The van der Waals surface area contributed by atoms with Crippen molar-refractivity contribution in [3.05, 3.63) is 87.8 Å². The molecule has 0 unspecified atom stereocenters. The molecule has 0 aliphatic carbocycles. The maximum absolute atomic E-state index is 12.4. The topological polar surface area (TPSA) is 89.0 Å². The third-order valence-corrected chi connectivity index (χ3v) is 6.05. The van der Waals surface area contributed by atoms with E-state index in [-0.39, 0.29) is 18.4 Å². The number of ether oxygens (including phenoxy) is 2. The maximum atomic E-state index is 12.4. The van der Waals surface area contributed by atoms with Gasteiger partial charge >= 0.3 is 0 Å². The number of methoxy groups -OCH3 is 1. The number of anilines is 1. The van der Waals surface area contributed by atoms with Crippen LogP contribution in [0.2, 0.25) is 5.02 Å². The molecule has 0 atom stereocenters. The summed E-state index contributed by atoms with van der Waals surface area (Å²) in [5.74, 6) is 0.306. The van der Waals surface area contributed by atoms with Crippen molar-refractivity contribution >= 4 is 57.8 Å². The predicted octanol–water partition coefficient (Wildman–Crippen LogP) is 5.57. The molecular weight excluding hydrogens is 486 g/mol. The molecule has 3 aromatic carbocycles. The maximum Gasteiger partial charge on any atom is 0.264 e. The zero-order chi connectivity index (χ0) is 24.8. The Morgan fingerprint density at radius 2 is 1.83 bits per heavy atom. The summed E-state index contributed by atoms with van der Waals surface area (Å²) in [4.78, 5) is 29.6. The molecule has 1 heterocycles. The van der Waals surface area contributed by atoms with Crippen molar-refractivity contribution in [2.24, 2.45) is 4.99 Å². The molecule has 178 valence electrons. The Morgan fingerprint density at radius 3 is 2.54 bits per heavy atom. The first kappa shape index (κ1) is 24.4. The highest BCUT2D eigenvalue weighted by Crippen LogP contribution is 2.32. The van der Waals surface area contributed by atoms with E-state index in [1.54, 1.807) is 48.5 Å². The number of aliphatic imine (C=N–C) groups is 1. The summed E-state index contributed by atoms with van der Waals surface area (Å²) in [6, 6.07) is 19.7. The fourth-order valence-electron chi connectivity index (χ4n) is 3.14. The van der Waals surface area contributed by atoms with Crippen LogP contribution >= 0.6 is 23.4 Å². The largest absolute Gasteiger partial charge is 0.493 e. The first-order chi connectivity index (χ1) is 16.9. The van der Waals surface area contributed by atoms with Crippen molar-refractivity contribution < 1.29 is 19.1 Å². The lowest BCUT2D eigenvalue weighted by molar-refractivity contribution is -0.118. The summed E-state index contributed by atoms with van der Waals surface area (Å²) < 4.78 is 11.1. The quantitative estimate of drug-likeness (QED) is 0.408. The van der Waals surface area contributed by atoms with Crippen LogP contribution < -0.4 is 20.1 Å². The molecule has 2 amide bonds. The summed E-state index contributed by atoms with van der Waals surface area (Å²) in [6.07, 6.45) is 1.75. The van der Waals surface area contributed by atoms with Gasteiger partial charge in [0.2, 0.25) is 0 Å². The van der Waals surface area contributed by atoms with Gasteiger partial charge in [-0.05, 0) is 78.9 Å². The zero-order valence-corrected chi connectivity index (χ0v) is 20.6. The fourth-order valence-corrected chi connectivity index (χ4v) is 4.10. The van der Waals surface area contributed by atoms with Gasteiger partial charge in [-0.2, -0.15) is 0 Å². The van der Waals surface area contributed by atoms with Crippen LogP contribution in [0.4, 0.5) is 11.4 Å². The van der Waals surface area contributed by atoms with Crippen LogP contribution in [0.5, 0.6) is 11.5 Å². The number of benzene rings is 3. The highest BCUT2D eigenvalue weighted by atomic mass is 35.5. The van der Waals surface area contributed by atoms with E-state index in [1.165, 1.54) is 18.9 Å². The second-order valence-corrected chi connectivity index (χ2v) is 9.04. The molecule has 4 rings (SSSR count). The van der Waals surface area contributed by atoms with Crippen LogP contribution in [0.25, 0.3) is 6.08 Å². The van der Waals surface area contributed by atoms with Crippen molar-refractivity contribution in [1.82, 2.24) is 5.32 Å². The van der Waals surface area contributed by atoms with E-state index in [9.17, 15) is 9.59 Å². The van der Waals surface area contributed by atoms with Gasteiger partial charge < -0.3 is 20.1 Å². The van der Waals surface area contributed by atoms with Crippen LogP contribution in [0, 0.1) is 6.92 Å². The first-order valence-electron chi connectivity index (χ1n) is 10.6. The Balaban J connectivity index is 1.41. The van der Waals surface area contributed by atoms with Gasteiger partial charge in [0, 0.05) is 10.7 Å². The van der Waals surface area contributed by atoms with E-state index in [2.05, 4.69) is 15.6 Å². The molecule has 0 saturated carbocycles. The van der Waals surface area contributed by atoms with Crippen LogP contribution in [0.15, 0.2) is 76.6 Å². The molecule has 1 fully saturated rings. The van der Waals surface area contributed by atoms with Gasteiger partial charge in [0.15, 0.2) is 23.3 Å². The molecular formula is C26H22ClN3O4S. The number of thioether (sulfide) groups is 1. The normalized spacial score (nSPS) is 15.2. The number of halogens is 1. The van der Waals surface area contributed by atoms with Crippen LogP contribution in [0.3, 0.4) is 0 Å². The second kappa shape index (κ2) is 11.1. The summed E-state index contributed by atoms with van der Waals surface area (Å²) >= 11 is 7.12. The number of amidine groups is 1. The molecule has 1 aliphatic heterocycles. The number of aryl methyl sites for hydroxylation is 1. The third kappa shape index (κ3) is 6.65. The number of nitrogens with zero attached hydrogens (tertiary/aromatic N) is 1. The Kier molecular flexibility index (Phi) is 7.74. The number of nitrogens with one attached hydrogen (secondary N) is 2. The third-order valence-electron chi connectivity index (χ3n) is 4.89. The zero-order valence-electron chi connectivity index (χ0n) is 19.0. The Labute approximate surface area is 212 Å². The van der Waals surface area contributed by atoms with Gasteiger partial charge in [-0.1, -0.05) is 35.4 Å². The number of carbonyl (C=O) groups is 2. The Hall–Kier alpha value is -3.75. The Morgan fingerprint density at radius 1 is 1.09 bits per heavy atom. The molecule has 7 nitrogen and oxygen atoms in total. The second-order valence-electron chi connectivity index (χ2n) is 7.57. The molecule has 0 spiro atoms. The highest BCUT2D eigenvalue weighted by Gasteiger charge is 2.24. The van der Waals surface area contributed by atoms with E-state index >= 15 is 0 Å². The molecule has 35 heavy (non-hydrogen) atoms. The van der Waals surface area contributed by atoms with Gasteiger partial charge in [-0.3, -0.25) is 9.59 Å². The van der Waals surface area contributed by atoms with Gasteiger partial charge in [0.05, 0.1) is 17.7 Å².